The Morgan fingerprint density at radius 3 is 2.73 bits per heavy atom. The van der Waals surface area contributed by atoms with Crippen LogP contribution < -0.4 is 10.6 Å². The molecular formula is C12H24N2O. The van der Waals surface area contributed by atoms with E-state index in [1.165, 1.54) is 19.3 Å². The van der Waals surface area contributed by atoms with Crippen molar-refractivity contribution in [3.8, 4) is 0 Å². The summed E-state index contributed by atoms with van der Waals surface area (Å²) in [5, 5.41) is 5.96. The molecule has 3 heteroatoms. The lowest BCUT2D eigenvalue weighted by molar-refractivity contribution is 0.166. The number of hydrogen-bond donors (Lipinski definition) is 2. The maximum absolute atomic E-state index is 11.5. The van der Waals surface area contributed by atoms with Gasteiger partial charge in [0.2, 0.25) is 0 Å². The first kappa shape index (κ1) is 12.3. The summed E-state index contributed by atoms with van der Waals surface area (Å²) in [5.74, 6) is 0. The van der Waals surface area contributed by atoms with Crippen LogP contribution in [0.2, 0.25) is 0 Å². The summed E-state index contributed by atoms with van der Waals surface area (Å²) < 4.78 is 0. The van der Waals surface area contributed by atoms with Crippen LogP contribution in [0.4, 0.5) is 4.79 Å². The summed E-state index contributed by atoms with van der Waals surface area (Å²) in [5.41, 5.74) is 0.252. The van der Waals surface area contributed by atoms with Gasteiger partial charge in [0.05, 0.1) is 0 Å². The number of urea groups is 1. The average molecular weight is 212 g/mol. The lowest BCUT2D eigenvalue weighted by atomic mass is 9.73. The van der Waals surface area contributed by atoms with Gasteiger partial charge in [-0.25, -0.2) is 4.79 Å². The highest BCUT2D eigenvalue weighted by atomic mass is 16.2. The molecule has 0 aliphatic heterocycles. The van der Waals surface area contributed by atoms with Crippen molar-refractivity contribution in [3.05, 3.63) is 0 Å². The van der Waals surface area contributed by atoms with Crippen LogP contribution in [0.3, 0.4) is 0 Å². The fraction of sp³-hybridized carbons (Fsp3) is 0.917. The molecule has 0 radical (unpaired) electrons. The molecule has 1 aliphatic rings. The number of rotatable bonds is 3. The molecule has 15 heavy (non-hydrogen) atoms. The second-order valence-corrected chi connectivity index (χ2v) is 5.19. The van der Waals surface area contributed by atoms with Gasteiger partial charge >= 0.3 is 6.03 Å². The molecule has 0 aromatic rings. The Balaban J connectivity index is 2.38. The van der Waals surface area contributed by atoms with Gasteiger partial charge in [-0.1, -0.05) is 33.6 Å². The van der Waals surface area contributed by atoms with Crippen LogP contribution in [0.5, 0.6) is 0 Å². The van der Waals surface area contributed by atoms with Crippen LogP contribution in [-0.4, -0.2) is 18.6 Å². The fourth-order valence-electron chi connectivity index (χ4n) is 2.21. The van der Waals surface area contributed by atoms with Gasteiger partial charge in [-0.2, -0.15) is 0 Å². The zero-order chi connectivity index (χ0) is 11.3. The Labute approximate surface area is 93.0 Å². The van der Waals surface area contributed by atoms with Crippen LogP contribution >= 0.6 is 0 Å². The highest BCUT2D eigenvalue weighted by Gasteiger charge is 2.32. The second-order valence-electron chi connectivity index (χ2n) is 5.19. The molecule has 1 saturated carbocycles. The molecule has 1 aliphatic carbocycles. The molecule has 2 amide bonds. The van der Waals surface area contributed by atoms with Crippen molar-refractivity contribution in [1.82, 2.24) is 10.6 Å². The van der Waals surface area contributed by atoms with Crippen molar-refractivity contribution >= 4 is 6.03 Å². The molecule has 1 rings (SSSR count). The van der Waals surface area contributed by atoms with Crippen LogP contribution in [0.15, 0.2) is 0 Å². The molecule has 3 nitrogen and oxygen atoms in total. The molecule has 0 heterocycles. The quantitative estimate of drug-likeness (QED) is 0.742. The second kappa shape index (κ2) is 5.38. The average Bonchev–Trinajstić information content (AvgIpc) is 2.18. The van der Waals surface area contributed by atoms with Crippen LogP contribution in [-0.2, 0) is 0 Å². The first-order valence-corrected chi connectivity index (χ1v) is 6.10. The van der Waals surface area contributed by atoms with Crippen molar-refractivity contribution in [3.63, 3.8) is 0 Å². The summed E-state index contributed by atoms with van der Waals surface area (Å²) in [6, 6.07) is 0.333. The van der Waals surface area contributed by atoms with Gasteiger partial charge in [-0.3, -0.25) is 0 Å². The first-order valence-electron chi connectivity index (χ1n) is 6.10. The summed E-state index contributed by atoms with van der Waals surface area (Å²) in [7, 11) is 0. The third-order valence-electron chi connectivity index (χ3n) is 3.35. The monoisotopic (exact) mass is 212 g/mol. The summed E-state index contributed by atoms with van der Waals surface area (Å²) in [6.45, 7) is 7.32. The van der Waals surface area contributed by atoms with Gasteiger partial charge in [-0.05, 0) is 24.7 Å². The Morgan fingerprint density at radius 2 is 2.13 bits per heavy atom. The third kappa shape index (κ3) is 3.73. The van der Waals surface area contributed by atoms with E-state index in [4.69, 9.17) is 0 Å². The molecule has 88 valence electrons. The molecule has 0 aromatic carbocycles. The SMILES string of the molecule is CCCNC(=O)NC1CCCCC1(C)C. The molecule has 0 aromatic heterocycles. The van der Waals surface area contributed by atoms with E-state index >= 15 is 0 Å². The Morgan fingerprint density at radius 1 is 1.40 bits per heavy atom. The largest absolute Gasteiger partial charge is 0.338 e. The number of hydrogen-bond acceptors (Lipinski definition) is 1. The van der Waals surface area contributed by atoms with Crippen molar-refractivity contribution in [2.24, 2.45) is 5.41 Å². The van der Waals surface area contributed by atoms with E-state index in [0.29, 0.717) is 6.04 Å². The van der Waals surface area contributed by atoms with Crippen LogP contribution in [0.1, 0.15) is 52.9 Å². The van der Waals surface area contributed by atoms with Gasteiger partial charge in [0, 0.05) is 12.6 Å². The molecule has 2 N–H and O–H groups in total. The molecule has 1 unspecified atom stereocenters. The van der Waals surface area contributed by atoms with E-state index in [-0.39, 0.29) is 11.4 Å². The highest BCUT2D eigenvalue weighted by molar-refractivity contribution is 5.74. The highest BCUT2D eigenvalue weighted by Crippen LogP contribution is 2.35. The van der Waals surface area contributed by atoms with Crippen molar-refractivity contribution in [2.75, 3.05) is 6.54 Å². The number of amides is 2. The normalized spacial score (nSPS) is 24.6. The molecule has 1 atom stereocenters. The Bertz CT molecular complexity index is 214. The topological polar surface area (TPSA) is 41.1 Å². The Hall–Kier alpha value is -0.730. The Kier molecular flexibility index (Phi) is 4.43. The number of nitrogens with one attached hydrogen (secondary N) is 2. The molecule has 1 fully saturated rings. The lowest BCUT2D eigenvalue weighted by Gasteiger charge is -2.38. The summed E-state index contributed by atoms with van der Waals surface area (Å²) in [6.07, 6.45) is 5.85. The van der Waals surface area contributed by atoms with Gasteiger partial charge in [0.25, 0.3) is 0 Å². The maximum Gasteiger partial charge on any atom is 0.315 e. The van der Waals surface area contributed by atoms with Crippen molar-refractivity contribution < 1.29 is 4.79 Å². The molecule has 0 saturated heterocycles. The van der Waals surface area contributed by atoms with E-state index in [2.05, 4.69) is 31.4 Å². The maximum atomic E-state index is 11.5. The fourth-order valence-corrected chi connectivity index (χ4v) is 2.21. The van der Waals surface area contributed by atoms with E-state index in [1.54, 1.807) is 0 Å². The van der Waals surface area contributed by atoms with E-state index in [1.807, 2.05) is 0 Å². The van der Waals surface area contributed by atoms with E-state index < -0.39 is 0 Å². The molecule has 0 bridgehead atoms. The van der Waals surface area contributed by atoms with Crippen molar-refractivity contribution in [1.29, 1.82) is 0 Å². The summed E-state index contributed by atoms with van der Waals surface area (Å²) >= 11 is 0. The first-order chi connectivity index (χ1) is 7.06. The van der Waals surface area contributed by atoms with E-state index in [9.17, 15) is 4.79 Å². The van der Waals surface area contributed by atoms with Gasteiger partial charge in [0.1, 0.15) is 0 Å². The smallest absolute Gasteiger partial charge is 0.315 e. The van der Waals surface area contributed by atoms with Crippen molar-refractivity contribution in [2.45, 2.75) is 58.9 Å². The summed E-state index contributed by atoms with van der Waals surface area (Å²) in [4.78, 5) is 11.5. The lowest BCUT2D eigenvalue weighted by Crippen LogP contribution is -2.50. The van der Waals surface area contributed by atoms with Crippen LogP contribution in [0, 0.1) is 5.41 Å². The number of carbonyl (C=O) groups is 1. The zero-order valence-electron chi connectivity index (χ0n) is 10.2. The van der Waals surface area contributed by atoms with E-state index in [0.717, 1.165) is 19.4 Å². The third-order valence-corrected chi connectivity index (χ3v) is 3.35. The standard InChI is InChI=1S/C12H24N2O/c1-4-9-13-11(15)14-10-7-5-6-8-12(10,2)3/h10H,4-9H2,1-3H3,(H2,13,14,15). The van der Waals surface area contributed by atoms with Gasteiger partial charge < -0.3 is 10.6 Å². The predicted octanol–water partition coefficient (Wildman–Crippen LogP) is 2.66. The molecular weight excluding hydrogens is 188 g/mol. The predicted molar refractivity (Wildman–Crippen MR) is 62.9 cm³/mol. The zero-order valence-corrected chi connectivity index (χ0v) is 10.2. The number of carbonyl (C=O) groups excluding carboxylic acids is 1. The van der Waals surface area contributed by atoms with Gasteiger partial charge in [-0.15, -0.1) is 0 Å². The minimum atomic E-state index is -0.00294. The minimum Gasteiger partial charge on any atom is -0.338 e. The minimum absolute atomic E-state index is 0.00294. The van der Waals surface area contributed by atoms with Crippen LogP contribution in [0.25, 0.3) is 0 Å². The van der Waals surface area contributed by atoms with Gasteiger partial charge in [0.15, 0.2) is 0 Å². The molecule has 0 spiro atoms.